The molecule has 3 aromatic rings. The van der Waals surface area contributed by atoms with Crippen molar-refractivity contribution in [2.45, 2.75) is 18.8 Å². The molecule has 1 aliphatic carbocycles. The summed E-state index contributed by atoms with van der Waals surface area (Å²) in [6.07, 6.45) is 2.38. The maximum Gasteiger partial charge on any atom is 0.204 e. The van der Waals surface area contributed by atoms with Crippen LogP contribution in [0.3, 0.4) is 0 Å². The Labute approximate surface area is 114 Å². The fraction of sp³-hybridized carbons (Fsp3) is 0.214. The zero-order chi connectivity index (χ0) is 12.8. The van der Waals surface area contributed by atoms with E-state index in [0.717, 1.165) is 22.3 Å². The Morgan fingerprint density at radius 3 is 2.63 bits per heavy atom. The van der Waals surface area contributed by atoms with Gasteiger partial charge in [-0.05, 0) is 12.8 Å². The highest BCUT2D eigenvalue weighted by Gasteiger charge is 2.29. The number of halogens is 1. The van der Waals surface area contributed by atoms with Crippen LogP contribution in [0.5, 0.6) is 0 Å². The largest absolute Gasteiger partial charge is 0.279 e. The molecule has 5 heteroatoms. The summed E-state index contributed by atoms with van der Waals surface area (Å²) in [6.45, 7) is 0. The molecule has 0 atom stereocenters. The molecule has 1 saturated carbocycles. The highest BCUT2D eigenvalue weighted by Crippen LogP contribution is 2.44. The third-order valence-electron chi connectivity index (χ3n) is 3.48. The first-order chi connectivity index (χ1) is 9.34. The fourth-order valence-electron chi connectivity index (χ4n) is 2.34. The van der Waals surface area contributed by atoms with Gasteiger partial charge in [-0.3, -0.25) is 5.10 Å². The Bertz CT molecular complexity index is 747. The summed E-state index contributed by atoms with van der Waals surface area (Å²) in [6, 6.07) is 9.87. The Morgan fingerprint density at radius 2 is 1.89 bits per heavy atom. The van der Waals surface area contributed by atoms with Crippen LogP contribution < -0.4 is 0 Å². The minimum Gasteiger partial charge on any atom is -0.279 e. The predicted molar refractivity (Wildman–Crippen MR) is 74.1 cm³/mol. The Balaban J connectivity index is 1.98. The van der Waals surface area contributed by atoms with Gasteiger partial charge in [-0.25, -0.2) is 0 Å². The van der Waals surface area contributed by atoms with Gasteiger partial charge < -0.3 is 0 Å². The van der Waals surface area contributed by atoms with Gasteiger partial charge in [0.2, 0.25) is 5.65 Å². The van der Waals surface area contributed by atoms with E-state index in [1.165, 1.54) is 12.8 Å². The Hall–Kier alpha value is -1.94. The van der Waals surface area contributed by atoms with Crippen molar-refractivity contribution < 1.29 is 0 Å². The van der Waals surface area contributed by atoms with Crippen LogP contribution >= 0.6 is 11.6 Å². The summed E-state index contributed by atoms with van der Waals surface area (Å²) in [7, 11) is 0. The smallest absolute Gasteiger partial charge is 0.204 e. The first-order valence-corrected chi connectivity index (χ1v) is 6.68. The van der Waals surface area contributed by atoms with Crippen LogP contribution in [0.2, 0.25) is 5.02 Å². The monoisotopic (exact) mass is 270 g/mol. The van der Waals surface area contributed by atoms with E-state index >= 15 is 0 Å². The minimum atomic E-state index is 0.551. The van der Waals surface area contributed by atoms with Crippen molar-refractivity contribution in [3.05, 3.63) is 41.0 Å². The van der Waals surface area contributed by atoms with Gasteiger partial charge >= 0.3 is 0 Å². The average molecular weight is 271 g/mol. The van der Waals surface area contributed by atoms with Crippen LogP contribution in [0.25, 0.3) is 22.3 Å². The van der Waals surface area contributed by atoms with Crippen LogP contribution in [0.15, 0.2) is 30.3 Å². The molecular weight excluding hydrogens is 260 g/mol. The second kappa shape index (κ2) is 4.03. The van der Waals surface area contributed by atoms with Crippen LogP contribution in [-0.2, 0) is 0 Å². The van der Waals surface area contributed by atoms with Crippen molar-refractivity contribution in [2.24, 2.45) is 0 Å². The topological polar surface area (TPSA) is 54.5 Å². The van der Waals surface area contributed by atoms with Crippen molar-refractivity contribution in [2.75, 3.05) is 0 Å². The maximum atomic E-state index is 6.53. The highest BCUT2D eigenvalue weighted by atomic mass is 35.5. The highest BCUT2D eigenvalue weighted by molar-refractivity contribution is 6.37. The molecule has 2 aromatic heterocycles. The second-order valence-corrected chi connectivity index (χ2v) is 5.22. The van der Waals surface area contributed by atoms with Crippen LogP contribution in [0, 0.1) is 0 Å². The van der Waals surface area contributed by atoms with Gasteiger partial charge in [-0.15, -0.1) is 10.2 Å². The zero-order valence-corrected chi connectivity index (χ0v) is 10.9. The van der Waals surface area contributed by atoms with Gasteiger partial charge in [0.25, 0.3) is 0 Å². The molecule has 1 N–H and O–H groups in total. The van der Waals surface area contributed by atoms with Crippen molar-refractivity contribution in [3.63, 3.8) is 0 Å². The molecule has 19 heavy (non-hydrogen) atoms. The van der Waals surface area contributed by atoms with E-state index in [2.05, 4.69) is 20.4 Å². The molecular formula is C14H11ClN4. The summed E-state index contributed by atoms with van der Waals surface area (Å²) in [5.74, 6) is 0.551. The molecule has 0 radical (unpaired) electrons. The molecule has 1 fully saturated rings. The van der Waals surface area contributed by atoms with E-state index in [9.17, 15) is 0 Å². The van der Waals surface area contributed by atoms with Crippen molar-refractivity contribution in [1.82, 2.24) is 20.4 Å². The molecule has 0 spiro atoms. The molecule has 0 saturated heterocycles. The summed E-state index contributed by atoms with van der Waals surface area (Å²) in [5, 5.41) is 17.2. The normalized spacial score (nSPS) is 15.0. The third kappa shape index (κ3) is 1.71. The number of nitrogens with one attached hydrogen (secondary N) is 1. The van der Waals surface area contributed by atoms with Gasteiger partial charge in [-0.1, -0.05) is 41.9 Å². The quantitative estimate of drug-likeness (QED) is 0.775. The number of fused-ring (bicyclic) bond motifs is 1. The minimum absolute atomic E-state index is 0.551. The lowest BCUT2D eigenvalue weighted by molar-refractivity contribution is 0.966. The summed E-state index contributed by atoms with van der Waals surface area (Å²) in [4.78, 5) is 0. The third-order valence-corrected chi connectivity index (χ3v) is 3.85. The molecule has 0 aliphatic heterocycles. The molecule has 0 amide bonds. The SMILES string of the molecule is Clc1c(-c2ccccc2)nnc2n[nH]c(C3CC3)c12. The number of aromatic amines is 1. The lowest BCUT2D eigenvalue weighted by Crippen LogP contribution is -1.91. The van der Waals surface area contributed by atoms with E-state index in [4.69, 9.17) is 11.6 Å². The number of hydrogen-bond acceptors (Lipinski definition) is 3. The van der Waals surface area contributed by atoms with E-state index in [1.54, 1.807) is 0 Å². The van der Waals surface area contributed by atoms with Gasteiger partial charge in [-0.2, -0.15) is 5.10 Å². The number of nitrogens with zero attached hydrogens (tertiary/aromatic N) is 3. The number of aromatic nitrogens is 4. The molecule has 4 rings (SSSR count). The summed E-state index contributed by atoms with van der Waals surface area (Å²) >= 11 is 6.53. The van der Waals surface area contributed by atoms with Crippen molar-refractivity contribution in [3.8, 4) is 11.3 Å². The Morgan fingerprint density at radius 1 is 1.11 bits per heavy atom. The van der Waals surface area contributed by atoms with Gasteiger partial charge in [0.1, 0.15) is 5.69 Å². The Kier molecular flexibility index (Phi) is 2.32. The van der Waals surface area contributed by atoms with Crippen LogP contribution in [0.4, 0.5) is 0 Å². The summed E-state index contributed by atoms with van der Waals surface area (Å²) in [5.41, 5.74) is 3.40. The van der Waals surface area contributed by atoms with Gasteiger partial charge in [0.15, 0.2) is 0 Å². The van der Waals surface area contributed by atoms with E-state index < -0.39 is 0 Å². The number of rotatable bonds is 2. The van der Waals surface area contributed by atoms with E-state index in [1.807, 2.05) is 30.3 Å². The molecule has 94 valence electrons. The van der Waals surface area contributed by atoms with E-state index in [-0.39, 0.29) is 0 Å². The van der Waals surface area contributed by atoms with Crippen LogP contribution in [-0.4, -0.2) is 20.4 Å². The molecule has 2 heterocycles. The number of hydrogen-bond donors (Lipinski definition) is 1. The van der Waals surface area contributed by atoms with E-state index in [0.29, 0.717) is 16.6 Å². The zero-order valence-electron chi connectivity index (χ0n) is 10.1. The lowest BCUT2D eigenvalue weighted by Gasteiger charge is -2.04. The van der Waals surface area contributed by atoms with Crippen LogP contribution in [0.1, 0.15) is 24.5 Å². The number of H-pyrrole nitrogens is 1. The molecule has 1 aromatic carbocycles. The first kappa shape index (κ1) is 10.9. The van der Waals surface area contributed by atoms with Gasteiger partial charge in [0.05, 0.1) is 10.4 Å². The standard InChI is InChI=1S/C14H11ClN4/c15-11-10-12(9-6-7-9)16-18-14(10)19-17-13(11)8-4-2-1-3-5-8/h1-5,9H,6-7H2,(H,16,18,19). The average Bonchev–Trinajstić information content (AvgIpc) is 3.20. The fourth-order valence-corrected chi connectivity index (χ4v) is 2.67. The molecule has 1 aliphatic rings. The lowest BCUT2D eigenvalue weighted by atomic mass is 10.1. The maximum absolute atomic E-state index is 6.53. The molecule has 0 bridgehead atoms. The molecule has 0 unspecified atom stereocenters. The second-order valence-electron chi connectivity index (χ2n) is 4.84. The van der Waals surface area contributed by atoms with Crippen molar-refractivity contribution >= 4 is 22.6 Å². The predicted octanol–water partition coefficient (Wildman–Crippen LogP) is 3.55. The number of benzene rings is 1. The van der Waals surface area contributed by atoms with Crippen molar-refractivity contribution in [1.29, 1.82) is 0 Å². The summed E-state index contributed by atoms with van der Waals surface area (Å²) < 4.78 is 0. The first-order valence-electron chi connectivity index (χ1n) is 6.30. The van der Waals surface area contributed by atoms with Gasteiger partial charge in [0, 0.05) is 17.2 Å². The molecule has 4 nitrogen and oxygen atoms in total.